The maximum Gasteiger partial charge on any atom is 0.241 e. The normalized spacial score (nSPS) is 16.3. The number of anilines is 2. The average Bonchev–Trinajstić information content (AvgIpc) is 2.64. The molecule has 138 valence electrons. The van der Waals surface area contributed by atoms with E-state index >= 15 is 0 Å². The molecule has 0 spiro atoms. The van der Waals surface area contributed by atoms with Gasteiger partial charge in [-0.1, -0.05) is 28.1 Å². The van der Waals surface area contributed by atoms with Gasteiger partial charge in [0.25, 0.3) is 0 Å². The molecule has 0 aliphatic carbocycles. The summed E-state index contributed by atoms with van der Waals surface area (Å²) in [4.78, 5) is 16.9. The number of nitrogens with one attached hydrogen (secondary N) is 1. The number of amides is 1. The van der Waals surface area contributed by atoms with E-state index in [1.807, 2.05) is 43.3 Å². The highest BCUT2D eigenvalue weighted by Crippen LogP contribution is 2.28. The van der Waals surface area contributed by atoms with Crippen LogP contribution in [-0.4, -0.2) is 48.1 Å². The molecule has 1 saturated heterocycles. The quantitative estimate of drug-likeness (QED) is 0.689. The van der Waals surface area contributed by atoms with Crippen LogP contribution in [0.5, 0.6) is 5.75 Å². The van der Waals surface area contributed by atoms with Crippen LogP contribution in [0.25, 0.3) is 0 Å². The summed E-state index contributed by atoms with van der Waals surface area (Å²) in [5.41, 5.74) is 1.61. The second-order valence-corrected chi connectivity index (χ2v) is 8.07. The first-order valence-electron chi connectivity index (χ1n) is 8.48. The third kappa shape index (κ3) is 4.39. The van der Waals surface area contributed by atoms with Gasteiger partial charge in [-0.3, -0.25) is 9.69 Å². The van der Waals surface area contributed by atoms with Gasteiger partial charge in [-0.25, -0.2) is 0 Å². The second kappa shape index (κ2) is 8.41. The Labute approximate surface area is 170 Å². The number of nitrogens with zero attached hydrogens (tertiary/aromatic N) is 2. The molecule has 2 aromatic rings. The standard InChI is InChI=1S/C19H21Br2N3O2/c1-13(19(26)22-16-7-6-14(20)12-15(16)21)23-8-10-24(11-9-23)17-4-2-3-5-18(17)25/h2-7,12-13,25H,8-11H2,1H3,(H,22,26). The molecular formula is C19H21Br2N3O2. The molecule has 0 saturated carbocycles. The Kier molecular flexibility index (Phi) is 6.21. The van der Waals surface area contributed by atoms with E-state index in [4.69, 9.17) is 0 Å². The lowest BCUT2D eigenvalue weighted by Crippen LogP contribution is -2.52. The SMILES string of the molecule is CC(C(=O)Nc1ccc(Br)cc1Br)N1CCN(c2ccccc2O)CC1. The zero-order valence-electron chi connectivity index (χ0n) is 14.5. The van der Waals surface area contributed by atoms with E-state index in [9.17, 15) is 9.90 Å². The van der Waals surface area contributed by atoms with Crippen LogP contribution in [0.15, 0.2) is 51.4 Å². The number of halogens is 2. The fraction of sp³-hybridized carbons (Fsp3) is 0.316. The second-order valence-electron chi connectivity index (χ2n) is 6.30. The number of phenols is 1. The molecule has 1 amide bonds. The number of phenolic OH excluding ortho intramolecular Hbond substituents is 1. The summed E-state index contributed by atoms with van der Waals surface area (Å²) in [7, 11) is 0. The van der Waals surface area contributed by atoms with Crippen molar-refractivity contribution >= 4 is 49.1 Å². The summed E-state index contributed by atoms with van der Waals surface area (Å²) in [6.45, 7) is 5.01. The molecule has 26 heavy (non-hydrogen) atoms. The highest BCUT2D eigenvalue weighted by atomic mass is 79.9. The molecule has 1 unspecified atom stereocenters. The smallest absolute Gasteiger partial charge is 0.241 e. The Morgan fingerprint density at radius 3 is 2.46 bits per heavy atom. The van der Waals surface area contributed by atoms with Crippen LogP contribution in [0, 0.1) is 0 Å². The van der Waals surface area contributed by atoms with Crippen LogP contribution >= 0.6 is 31.9 Å². The van der Waals surface area contributed by atoms with Gasteiger partial charge in [0.2, 0.25) is 5.91 Å². The van der Waals surface area contributed by atoms with Crippen molar-refractivity contribution in [2.24, 2.45) is 0 Å². The third-order valence-corrected chi connectivity index (χ3v) is 5.80. The van der Waals surface area contributed by atoms with E-state index in [1.165, 1.54) is 0 Å². The zero-order valence-corrected chi connectivity index (χ0v) is 17.6. The van der Waals surface area contributed by atoms with Gasteiger partial charge in [0.05, 0.1) is 17.4 Å². The highest BCUT2D eigenvalue weighted by Gasteiger charge is 2.26. The minimum Gasteiger partial charge on any atom is -0.506 e. The minimum absolute atomic E-state index is 0.0240. The lowest BCUT2D eigenvalue weighted by Gasteiger charge is -2.38. The molecule has 1 aliphatic heterocycles. The maximum atomic E-state index is 12.6. The summed E-state index contributed by atoms with van der Waals surface area (Å²) in [6, 6.07) is 12.8. The van der Waals surface area contributed by atoms with Crippen molar-refractivity contribution in [2.45, 2.75) is 13.0 Å². The van der Waals surface area contributed by atoms with Crippen molar-refractivity contribution in [3.05, 3.63) is 51.4 Å². The molecule has 1 heterocycles. The summed E-state index contributed by atoms with van der Waals surface area (Å²) < 4.78 is 1.80. The van der Waals surface area contributed by atoms with E-state index in [1.54, 1.807) is 6.07 Å². The van der Waals surface area contributed by atoms with Gasteiger partial charge in [0.1, 0.15) is 5.75 Å². The first kappa shape index (κ1) is 19.2. The largest absolute Gasteiger partial charge is 0.506 e. The number of benzene rings is 2. The molecule has 7 heteroatoms. The summed E-state index contributed by atoms with van der Waals surface area (Å²) in [5.74, 6) is 0.274. The van der Waals surface area contributed by atoms with E-state index in [0.717, 1.165) is 46.5 Å². The first-order valence-corrected chi connectivity index (χ1v) is 10.1. The van der Waals surface area contributed by atoms with E-state index < -0.39 is 0 Å². The number of piperazine rings is 1. The van der Waals surface area contributed by atoms with Crippen LogP contribution in [-0.2, 0) is 4.79 Å². The van der Waals surface area contributed by atoms with Gasteiger partial charge in [0, 0.05) is 35.1 Å². The van der Waals surface area contributed by atoms with Crippen molar-refractivity contribution in [1.29, 1.82) is 0 Å². The molecule has 5 nitrogen and oxygen atoms in total. The summed E-state index contributed by atoms with van der Waals surface area (Å²) in [6.07, 6.45) is 0. The minimum atomic E-state index is -0.225. The summed E-state index contributed by atoms with van der Waals surface area (Å²) in [5, 5.41) is 13.0. The van der Waals surface area contributed by atoms with Crippen LogP contribution in [0.1, 0.15) is 6.92 Å². The molecule has 0 radical (unpaired) electrons. The van der Waals surface area contributed by atoms with Crippen LogP contribution in [0.2, 0.25) is 0 Å². The predicted octanol–water partition coefficient (Wildman–Crippen LogP) is 4.07. The number of hydrogen-bond acceptors (Lipinski definition) is 4. The van der Waals surface area contributed by atoms with Crippen molar-refractivity contribution in [2.75, 3.05) is 36.4 Å². The molecule has 2 N–H and O–H groups in total. The summed E-state index contributed by atoms with van der Waals surface area (Å²) >= 11 is 6.88. The van der Waals surface area contributed by atoms with E-state index in [-0.39, 0.29) is 11.9 Å². The van der Waals surface area contributed by atoms with Gasteiger partial charge in [-0.05, 0) is 53.2 Å². The molecule has 3 rings (SSSR count). The number of para-hydroxylation sites is 2. The monoisotopic (exact) mass is 481 g/mol. The molecule has 1 atom stereocenters. The Hall–Kier alpha value is -1.57. The van der Waals surface area contributed by atoms with Gasteiger partial charge >= 0.3 is 0 Å². The Balaban J connectivity index is 1.58. The van der Waals surface area contributed by atoms with Crippen molar-refractivity contribution < 1.29 is 9.90 Å². The number of aromatic hydroxyl groups is 1. The highest BCUT2D eigenvalue weighted by molar-refractivity contribution is 9.11. The Morgan fingerprint density at radius 2 is 1.81 bits per heavy atom. The molecule has 1 aliphatic rings. The van der Waals surface area contributed by atoms with Crippen LogP contribution < -0.4 is 10.2 Å². The predicted molar refractivity (Wildman–Crippen MR) is 112 cm³/mol. The lowest BCUT2D eigenvalue weighted by atomic mass is 10.2. The molecule has 1 fully saturated rings. The van der Waals surface area contributed by atoms with E-state index in [0.29, 0.717) is 5.75 Å². The number of carbonyl (C=O) groups is 1. The molecular weight excluding hydrogens is 462 g/mol. The van der Waals surface area contributed by atoms with Crippen molar-refractivity contribution in [1.82, 2.24) is 4.90 Å². The molecule has 2 aromatic carbocycles. The van der Waals surface area contributed by atoms with Gasteiger partial charge in [-0.15, -0.1) is 0 Å². The van der Waals surface area contributed by atoms with Gasteiger partial charge in [0.15, 0.2) is 0 Å². The fourth-order valence-electron chi connectivity index (χ4n) is 3.08. The zero-order chi connectivity index (χ0) is 18.7. The number of rotatable bonds is 4. The molecule has 0 aromatic heterocycles. The van der Waals surface area contributed by atoms with Crippen molar-refractivity contribution in [3.63, 3.8) is 0 Å². The average molecular weight is 483 g/mol. The van der Waals surface area contributed by atoms with Gasteiger partial charge < -0.3 is 15.3 Å². The van der Waals surface area contributed by atoms with Crippen molar-refractivity contribution in [3.8, 4) is 5.75 Å². The Morgan fingerprint density at radius 1 is 1.12 bits per heavy atom. The molecule has 0 bridgehead atoms. The van der Waals surface area contributed by atoms with Crippen LogP contribution in [0.4, 0.5) is 11.4 Å². The first-order chi connectivity index (χ1) is 12.5. The Bertz CT molecular complexity index is 792. The van der Waals surface area contributed by atoms with E-state index in [2.05, 4.69) is 47.0 Å². The number of carbonyl (C=O) groups excluding carboxylic acids is 1. The maximum absolute atomic E-state index is 12.6. The lowest BCUT2D eigenvalue weighted by molar-refractivity contribution is -0.120. The topological polar surface area (TPSA) is 55.8 Å². The number of hydrogen-bond donors (Lipinski definition) is 2. The van der Waals surface area contributed by atoms with Crippen LogP contribution in [0.3, 0.4) is 0 Å². The fourth-order valence-corrected chi connectivity index (χ4v) is 4.22. The van der Waals surface area contributed by atoms with Gasteiger partial charge in [-0.2, -0.15) is 0 Å². The third-order valence-electron chi connectivity index (χ3n) is 4.65.